The van der Waals surface area contributed by atoms with Gasteiger partial charge in [-0.05, 0) is 78.6 Å². The molecule has 1 fully saturated rings. The summed E-state index contributed by atoms with van der Waals surface area (Å²) < 4.78 is 5.65. The topological polar surface area (TPSA) is 106 Å². The highest BCUT2D eigenvalue weighted by molar-refractivity contribution is 6.30. The standard InChI is InChI=1S/C25H23ClN6O2/c1-15(2)34-22-9-6-16(14-27-22)20-8-7-19(13-21(20)23-29-31-32-30-23)28-24(33)25(10-11-25)17-4-3-5-18(26)12-17/h3-9,12-15H,10-11H2,1-2H3,(H,28,33)(H,29,30,31,32). The first-order valence-corrected chi connectivity index (χ1v) is 11.4. The smallest absolute Gasteiger partial charge is 0.235 e. The highest BCUT2D eigenvalue weighted by atomic mass is 35.5. The lowest BCUT2D eigenvalue weighted by Gasteiger charge is -2.17. The minimum Gasteiger partial charge on any atom is -0.475 e. The van der Waals surface area contributed by atoms with E-state index in [0.29, 0.717) is 22.4 Å². The molecule has 0 unspecified atom stereocenters. The zero-order chi connectivity index (χ0) is 23.7. The number of H-pyrrole nitrogens is 1. The van der Waals surface area contributed by atoms with Gasteiger partial charge in [0.05, 0.1) is 11.5 Å². The highest BCUT2D eigenvalue weighted by Gasteiger charge is 2.51. The first-order chi connectivity index (χ1) is 16.4. The fourth-order valence-corrected chi connectivity index (χ4v) is 4.19. The summed E-state index contributed by atoms with van der Waals surface area (Å²) in [5.74, 6) is 0.992. The Bertz CT molecular complexity index is 1320. The second kappa shape index (κ2) is 8.87. The zero-order valence-electron chi connectivity index (χ0n) is 18.7. The number of nitrogens with one attached hydrogen (secondary N) is 2. The third kappa shape index (κ3) is 4.36. The molecule has 4 aromatic rings. The summed E-state index contributed by atoms with van der Waals surface area (Å²) >= 11 is 6.16. The van der Waals surface area contributed by atoms with E-state index in [2.05, 4.69) is 30.9 Å². The molecule has 2 heterocycles. The molecule has 0 saturated heterocycles. The van der Waals surface area contributed by atoms with Gasteiger partial charge in [0, 0.05) is 34.1 Å². The largest absolute Gasteiger partial charge is 0.475 e. The van der Waals surface area contributed by atoms with Gasteiger partial charge in [-0.3, -0.25) is 4.79 Å². The van der Waals surface area contributed by atoms with E-state index in [4.69, 9.17) is 16.3 Å². The average Bonchev–Trinajstić information content (AvgIpc) is 3.46. The van der Waals surface area contributed by atoms with Gasteiger partial charge in [-0.2, -0.15) is 0 Å². The summed E-state index contributed by atoms with van der Waals surface area (Å²) in [6.07, 6.45) is 3.36. The van der Waals surface area contributed by atoms with Crippen LogP contribution in [0.5, 0.6) is 5.88 Å². The van der Waals surface area contributed by atoms with Gasteiger partial charge in [0.15, 0.2) is 5.82 Å². The summed E-state index contributed by atoms with van der Waals surface area (Å²) in [6, 6.07) is 16.9. The summed E-state index contributed by atoms with van der Waals surface area (Å²) in [4.78, 5) is 17.7. The first-order valence-electron chi connectivity index (χ1n) is 11.0. The predicted octanol–water partition coefficient (Wildman–Crippen LogP) is 5.04. The monoisotopic (exact) mass is 474 g/mol. The number of carbonyl (C=O) groups excluding carboxylic acids is 1. The number of hydrogen-bond acceptors (Lipinski definition) is 6. The van der Waals surface area contributed by atoms with Crippen molar-refractivity contribution in [1.29, 1.82) is 0 Å². The molecule has 172 valence electrons. The van der Waals surface area contributed by atoms with E-state index in [1.54, 1.807) is 6.20 Å². The Balaban J connectivity index is 1.45. The molecule has 5 rings (SSSR count). The van der Waals surface area contributed by atoms with E-state index >= 15 is 0 Å². The van der Waals surface area contributed by atoms with Gasteiger partial charge in [-0.1, -0.05) is 29.8 Å². The van der Waals surface area contributed by atoms with Crippen molar-refractivity contribution in [3.8, 4) is 28.4 Å². The third-order valence-electron chi connectivity index (χ3n) is 5.84. The van der Waals surface area contributed by atoms with E-state index in [-0.39, 0.29) is 12.0 Å². The predicted molar refractivity (Wildman–Crippen MR) is 130 cm³/mol. The quantitative estimate of drug-likeness (QED) is 0.388. The summed E-state index contributed by atoms with van der Waals surface area (Å²) in [5.41, 5.74) is 3.53. The molecule has 0 radical (unpaired) electrons. The van der Waals surface area contributed by atoms with Crippen molar-refractivity contribution in [1.82, 2.24) is 25.6 Å². The number of nitrogens with zero attached hydrogens (tertiary/aromatic N) is 4. The lowest BCUT2D eigenvalue weighted by Crippen LogP contribution is -2.27. The van der Waals surface area contributed by atoms with Crippen LogP contribution in [0.4, 0.5) is 5.69 Å². The molecule has 9 heteroatoms. The molecular formula is C25H23ClN6O2. The molecule has 1 aliphatic carbocycles. The van der Waals surface area contributed by atoms with E-state index < -0.39 is 5.41 Å². The average molecular weight is 475 g/mol. The van der Waals surface area contributed by atoms with Crippen LogP contribution in [0.1, 0.15) is 32.3 Å². The number of anilines is 1. The number of halogens is 1. The molecule has 2 N–H and O–H groups in total. The molecular weight excluding hydrogens is 452 g/mol. The van der Waals surface area contributed by atoms with Crippen LogP contribution in [0.25, 0.3) is 22.5 Å². The van der Waals surface area contributed by atoms with Crippen LogP contribution in [0.15, 0.2) is 60.8 Å². The molecule has 0 bridgehead atoms. The number of aromatic nitrogens is 5. The fourth-order valence-electron chi connectivity index (χ4n) is 4.00. The summed E-state index contributed by atoms with van der Waals surface area (Å²) in [7, 11) is 0. The first kappa shape index (κ1) is 22.0. The molecule has 1 saturated carbocycles. The Hall–Kier alpha value is -3.78. The number of pyridine rings is 1. The molecule has 0 atom stereocenters. The molecule has 0 aliphatic heterocycles. The summed E-state index contributed by atoms with van der Waals surface area (Å²) in [6.45, 7) is 3.91. The van der Waals surface area contributed by atoms with Crippen molar-refractivity contribution in [2.75, 3.05) is 5.32 Å². The van der Waals surface area contributed by atoms with Crippen molar-refractivity contribution in [2.45, 2.75) is 38.2 Å². The molecule has 2 aromatic heterocycles. The fraction of sp³-hybridized carbons (Fsp3) is 0.240. The normalized spacial score (nSPS) is 14.1. The number of tetrazole rings is 1. The van der Waals surface area contributed by atoms with Crippen molar-refractivity contribution in [3.63, 3.8) is 0 Å². The van der Waals surface area contributed by atoms with Crippen LogP contribution < -0.4 is 10.1 Å². The number of ether oxygens (including phenoxy) is 1. The van der Waals surface area contributed by atoms with Crippen LogP contribution in [0, 0.1) is 0 Å². The van der Waals surface area contributed by atoms with Crippen molar-refractivity contribution in [3.05, 3.63) is 71.4 Å². The molecule has 8 nitrogen and oxygen atoms in total. The van der Waals surface area contributed by atoms with Gasteiger partial charge in [0.2, 0.25) is 11.8 Å². The Labute approximate surface area is 201 Å². The van der Waals surface area contributed by atoms with Gasteiger partial charge in [-0.15, -0.1) is 5.10 Å². The van der Waals surface area contributed by atoms with Crippen molar-refractivity contribution < 1.29 is 9.53 Å². The second-order valence-electron chi connectivity index (χ2n) is 8.61. The van der Waals surface area contributed by atoms with Crippen LogP contribution in [0.3, 0.4) is 0 Å². The van der Waals surface area contributed by atoms with Gasteiger partial charge in [0.25, 0.3) is 0 Å². The maximum atomic E-state index is 13.3. The number of aromatic amines is 1. The third-order valence-corrected chi connectivity index (χ3v) is 6.08. The number of amides is 1. The number of rotatable bonds is 7. The Morgan fingerprint density at radius 3 is 2.62 bits per heavy atom. The van der Waals surface area contributed by atoms with Crippen LogP contribution in [-0.2, 0) is 10.2 Å². The minimum atomic E-state index is -0.548. The molecule has 1 aliphatic rings. The van der Waals surface area contributed by atoms with Crippen molar-refractivity contribution in [2.24, 2.45) is 0 Å². The molecule has 1 amide bonds. The van der Waals surface area contributed by atoms with Gasteiger partial charge < -0.3 is 10.1 Å². The zero-order valence-corrected chi connectivity index (χ0v) is 19.5. The Morgan fingerprint density at radius 2 is 1.97 bits per heavy atom. The summed E-state index contributed by atoms with van der Waals surface area (Å²) in [5, 5.41) is 18.0. The van der Waals surface area contributed by atoms with Crippen molar-refractivity contribution >= 4 is 23.2 Å². The van der Waals surface area contributed by atoms with Crippen LogP contribution in [0.2, 0.25) is 5.02 Å². The van der Waals surface area contributed by atoms with E-state index in [9.17, 15) is 4.79 Å². The van der Waals surface area contributed by atoms with E-state index in [0.717, 1.165) is 35.1 Å². The number of hydrogen-bond donors (Lipinski definition) is 2. The lowest BCUT2D eigenvalue weighted by molar-refractivity contribution is -0.118. The SMILES string of the molecule is CC(C)Oc1ccc(-c2ccc(NC(=O)C3(c4cccc(Cl)c4)CC3)cc2-c2nnn[nH]2)cn1. The molecule has 2 aromatic carbocycles. The molecule has 0 spiro atoms. The number of carbonyl (C=O) groups is 1. The van der Waals surface area contributed by atoms with E-state index in [1.165, 1.54) is 0 Å². The Kier molecular flexibility index (Phi) is 5.75. The highest BCUT2D eigenvalue weighted by Crippen LogP contribution is 2.49. The maximum Gasteiger partial charge on any atom is 0.235 e. The van der Waals surface area contributed by atoms with Crippen LogP contribution in [-0.4, -0.2) is 37.6 Å². The maximum absolute atomic E-state index is 13.3. The Morgan fingerprint density at radius 1 is 1.12 bits per heavy atom. The van der Waals surface area contributed by atoms with E-state index in [1.807, 2.05) is 68.4 Å². The van der Waals surface area contributed by atoms with Gasteiger partial charge >= 0.3 is 0 Å². The number of benzene rings is 2. The molecule has 34 heavy (non-hydrogen) atoms. The van der Waals surface area contributed by atoms with Gasteiger partial charge in [-0.25, -0.2) is 10.1 Å². The second-order valence-corrected chi connectivity index (χ2v) is 9.04. The minimum absolute atomic E-state index is 0.0405. The van der Waals surface area contributed by atoms with Crippen LogP contribution >= 0.6 is 11.6 Å². The lowest BCUT2D eigenvalue weighted by atomic mass is 9.94. The van der Waals surface area contributed by atoms with Gasteiger partial charge in [0.1, 0.15) is 0 Å².